The molecule has 0 aliphatic heterocycles. The first kappa shape index (κ1) is 23.8. The van der Waals surface area contributed by atoms with E-state index in [1.165, 1.54) is 34.4 Å². The predicted molar refractivity (Wildman–Crippen MR) is 139 cm³/mol. The molecule has 0 saturated carbocycles. The highest BCUT2D eigenvalue weighted by atomic mass is 32.2. The lowest BCUT2D eigenvalue weighted by atomic mass is 10.1. The Balaban J connectivity index is 1.29. The van der Waals surface area contributed by atoms with Crippen molar-refractivity contribution in [1.29, 1.82) is 0 Å². The minimum absolute atomic E-state index is 0.134. The normalized spacial score (nSPS) is 10.5. The van der Waals surface area contributed by atoms with Crippen LogP contribution in [0.25, 0.3) is 11.3 Å². The van der Waals surface area contributed by atoms with Crippen molar-refractivity contribution in [3.05, 3.63) is 70.2 Å². The van der Waals surface area contributed by atoms with Gasteiger partial charge < -0.3 is 20.1 Å². The Hall–Kier alpha value is -3.34. The Morgan fingerprint density at radius 1 is 0.971 bits per heavy atom. The molecule has 0 aliphatic carbocycles. The molecule has 2 amide bonds. The van der Waals surface area contributed by atoms with Crippen LogP contribution < -0.4 is 20.1 Å². The van der Waals surface area contributed by atoms with Gasteiger partial charge in [0.15, 0.2) is 16.6 Å². The zero-order valence-corrected chi connectivity index (χ0v) is 20.8. The summed E-state index contributed by atoms with van der Waals surface area (Å²) >= 11 is 4.16. The second kappa shape index (κ2) is 11.2. The third-order valence-corrected chi connectivity index (χ3v) is 7.30. The molecule has 2 N–H and O–H groups in total. The lowest BCUT2D eigenvalue weighted by molar-refractivity contribution is -0.113. The zero-order chi connectivity index (χ0) is 23.9. The zero-order valence-electron chi connectivity index (χ0n) is 18.4. The van der Waals surface area contributed by atoms with Gasteiger partial charge in [-0.1, -0.05) is 6.07 Å². The Kier molecular flexibility index (Phi) is 7.84. The topological polar surface area (TPSA) is 89.6 Å². The average molecular weight is 512 g/mol. The minimum atomic E-state index is -0.145. The molecule has 2 aromatic carbocycles. The van der Waals surface area contributed by atoms with Crippen LogP contribution in [0, 0.1) is 0 Å². The molecule has 2 aromatic heterocycles. The first-order valence-electron chi connectivity index (χ1n) is 10.1. The SMILES string of the molecule is COc1ccc(-c2csc(NC(=O)CSc3ccc(NC(=O)c4cccs4)cc3)n2)cc1OC. The molecule has 4 rings (SSSR count). The second-order valence-electron chi connectivity index (χ2n) is 6.90. The summed E-state index contributed by atoms with van der Waals surface area (Å²) in [6.45, 7) is 0. The summed E-state index contributed by atoms with van der Waals surface area (Å²) in [7, 11) is 3.17. The van der Waals surface area contributed by atoms with Crippen LogP contribution in [0.3, 0.4) is 0 Å². The summed E-state index contributed by atoms with van der Waals surface area (Å²) in [6.07, 6.45) is 0. The summed E-state index contributed by atoms with van der Waals surface area (Å²) in [5.41, 5.74) is 2.32. The first-order valence-corrected chi connectivity index (χ1v) is 12.9. The molecule has 2 heterocycles. The smallest absolute Gasteiger partial charge is 0.265 e. The van der Waals surface area contributed by atoms with Crippen LogP contribution >= 0.6 is 34.4 Å². The van der Waals surface area contributed by atoms with Crippen molar-refractivity contribution in [3.63, 3.8) is 0 Å². The van der Waals surface area contributed by atoms with Gasteiger partial charge in [0.1, 0.15) is 0 Å². The molecular formula is C24H21N3O4S3. The number of hydrogen-bond acceptors (Lipinski definition) is 8. The number of hydrogen-bond donors (Lipinski definition) is 2. The Labute approximate surface area is 209 Å². The van der Waals surface area contributed by atoms with Crippen LogP contribution in [-0.4, -0.2) is 36.8 Å². The number of thioether (sulfide) groups is 1. The largest absolute Gasteiger partial charge is 0.493 e. The van der Waals surface area contributed by atoms with Crippen molar-refractivity contribution >= 4 is 57.1 Å². The van der Waals surface area contributed by atoms with Gasteiger partial charge in [0, 0.05) is 21.5 Å². The number of carbonyl (C=O) groups excluding carboxylic acids is 2. The van der Waals surface area contributed by atoms with E-state index in [1.54, 1.807) is 20.3 Å². The number of nitrogens with zero attached hydrogens (tertiary/aromatic N) is 1. The van der Waals surface area contributed by atoms with Crippen molar-refractivity contribution in [1.82, 2.24) is 4.98 Å². The van der Waals surface area contributed by atoms with E-state index < -0.39 is 0 Å². The Bertz CT molecular complexity index is 1270. The second-order valence-corrected chi connectivity index (χ2v) is 9.75. The van der Waals surface area contributed by atoms with Crippen molar-refractivity contribution in [2.24, 2.45) is 0 Å². The Morgan fingerprint density at radius 3 is 2.47 bits per heavy atom. The van der Waals surface area contributed by atoms with Gasteiger partial charge in [-0.3, -0.25) is 9.59 Å². The highest BCUT2D eigenvalue weighted by Crippen LogP contribution is 2.33. The van der Waals surface area contributed by atoms with E-state index in [1.807, 2.05) is 59.3 Å². The third-order valence-electron chi connectivity index (χ3n) is 4.66. The third kappa shape index (κ3) is 5.96. The molecule has 0 fully saturated rings. The van der Waals surface area contributed by atoms with E-state index in [0.717, 1.165) is 16.2 Å². The van der Waals surface area contributed by atoms with E-state index >= 15 is 0 Å². The summed E-state index contributed by atoms with van der Waals surface area (Å²) in [5.74, 6) is 1.22. The molecule has 0 radical (unpaired) electrons. The summed E-state index contributed by atoms with van der Waals surface area (Å²) in [5, 5.41) is 9.98. The fraction of sp³-hybridized carbons (Fsp3) is 0.125. The van der Waals surface area contributed by atoms with Gasteiger partial charge >= 0.3 is 0 Å². The van der Waals surface area contributed by atoms with Crippen LogP contribution in [-0.2, 0) is 4.79 Å². The quantitative estimate of drug-likeness (QED) is 0.273. The number of anilines is 2. The number of thiophene rings is 1. The Morgan fingerprint density at radius 2 is 1.76 bits per heavy atom. The maximum atomic E-state index is 12.4. The molecule has 0 bridgehead atoms. The fourth-order valence-corrected chi connectivity index (χ4v) is 5.05. The lowest BCUT2D eigenvalue weighted by Gasteiger charge is -2.08. The van der Waals surface area contributed by atoms with Gasteiger partial charge in [-0.2, -0.15) is 0 Å². The molecule has 0 atom stereocenters. The van der Waals surface area contributed by atoms with Gasteiger partial charge in [0.25, 0.3) is 5.91 Å². The molecule has 174 valence electrons. The van der Waals surface area contributed by atoms with Gasteiger partial charge in [-0.25, -0.2) is 4.98 Å². The lowest BCUT2D eigenvalue weighted by Crippen LogP contribution is -2.13. The molecule has 4 aromatic rings. The van der Waals surface area contributed by atoms with Crippen molar-refractivity contribution in [3.8, 4) is 22.8 Å². The minimum Gasteiger partial charge on any atom is -0.493 e. The van der Waals surface area contributed by atoms with E-state index in [4.69, 9.17) is 9.47 Å². The predicted octanol–water partition coefficient (Wildman–Crippen LogP) is 5.87. The molecule has 0 aliphatic rings. The summed E-state index contributed by atoms with van der Waals surface area (Å²) in [6, 6.07) is 16.6. The number of benzene rings is 2. The molecule has 0 spiro atoms. The first-order chi connectivity index (χ1) is 16.6. The van der Waals surface area contributed by atoms with Gasteiger partial charge in [0.05, 0.1) is 30.5 Å². The highest BCUT2D eigenvalue weighted by molar-refractivity contribution is 8.00. The van der Waals surface area contributed by atoms with E-state index in [0.29, 0.717) is 27.2 Å². The van der Waals surface area contributed by atoms with Crippen molar-refractivity contribution in [2.45, 2.75) is 4.90 Å². The number of rotatable bonds is 9. The molecule has 10 heteroatoms. The van der Waals surface area contributed by atoms with Gasteiger partial charge in [-0.05, 0) is 53.9 Å². The van der Waals surface area contributed by atoms with Gasteiger partial charge in [0.2, 0.25) is 5.91 Å². The maximum absolute atomic E-state index is 12.4. The number of methoxy groups -OCH3 is 2. The number of carbonyl (C=O) groups is 2. The van der Waals surface area contributed by atoms with Gasteiger partial charge in [-0.15, -0.1) is 34.4 Å². The van der Waals surface area contributed by atoms with E-state index in [-0.39, 0.29) is 17.6 Å². The maximum Gasteiger partial charge on any atom is 0.265 e. The van der Waals surface area contributed by atoms with Crippen LogP contribution in [0.4, 0.5) is 10.8 Å². The average Bonchev–Trinajstić information content (AvgIpc) is 3.56. The number of thiazole rings is 1. The molecule has 34 heavy (non-hydrogen) atoms. The fourth-order valence-electron chi connectivity index (χ4n) is 3.00. The van der Waals surface area contributed by atoms with E-state index in [2.05, 4.69) is 15.6 Å². The summed E-state index contributed by atoms with van der Waals surface area (Å²) in [4.78, 5) is 30.6. The standard InChI is InChI=1S/C24H21N3O4S3/c1-30-19-10-5-15(12-20(19)31-2)18-13-34-24(26-18)27-22(28)14-33-17-8-6-16(7-9-17)25-23(29)21-4-3-11-32-21/h3-13H,14H2,1-2H3,(H,25,29)(H,26,27,28). The molecule has 0 saturated heterocycles. The molecular weight excluding hydrogens is 490 g/mol. The van der Waals surface area contributed by atoms with Crippen LogP contribution in [0.15, 0.2) is 70.3 Å². The van der Waals surface area contributed by atoms with Crippen LogP contribution in [0.1, 0.15) is 9.67 Å². The monoisotopic (exact) mass is 511 g/mol. The highest BCUT2D eigenvalue weighted by Gasteiger charge is 2.12. The van der Waals surface area contributed by atoms with Crippen molar-refractivity contribution < 1.29 is 19.1 Å². The van der Waals surface area contributed by atoms with Crippen LogP contribution in [0.5, 0.6) is 11.5 Å². The van der Waals surface area contributed by atoms with Crippen molar-refractivity contribution in [2.75, 3.05) is 30.6 Å². The number of nitrogens with one attached hydrogen (secondary N) is 2. The number of amides is 2. The molecule has 7 nitrogen and oxygen atoms in total. The van der Waals surface area contributed by atoms with E-state index in [9.17, 15) is 9.59 Å². The van der Waals surface area contributed by atoms with Crippen LogP contribution in [0.2, 0.25) is 0 Å². The molecule has 0 unspecified atom stereocenters. The number of ether oxygens (including phenoxy) is 2. The number of aromatic nitrogens is 1. The summed E-state index contributed by atoms with van der Waals surface area (Å²) < 4.78 is 10.6.